The van der Waals surface area contributed by atoms with E-state index < -0.39 is 0 Å². The molecule has 0 amide bonds. The Kier molecular flexibility index (Phi) is 7.98. The van der Waals surface area contributed by atoms with Crippen LogP contribution >= 0.6 is 0 Å². The van der Waals surface area contributed by atoms with Gasteiger partial charge >= 0.3 is 0 Å². The Balaban J connectivity index is 3.62. The van der Waals surface area contributed by atoms with E-state index in [9.17, 15) is 4.79 Å². The maximum absolute atomic E-state index is 10.4. The van der Waals surface area contributed by atoms with Crippen LogP contribution in [-0.4, -0.2) is 6.29 Å². The lowest BCUT2D eigenvalue weighted by molar-refractivity contribution is -0.104. The molecule has 0 heterocycles. The predicted octanol–water partition coefficient (Wildman–Crippen LogP) is 4.29. The van der Waals surface area contributed by atoms with Crippen molar-refractivity contribution in [2.45, 2.75) is 53.4 Å². The molecule has 1 nitrogen and oxygen atoms in total. The molecular weight excluding hydrogens is 184 g/mol. The summed E-state index contributed by atoms with van der Waals surface area (Å²) in [6.07, 6.45) is 9.89. The van der Waals surface area contributed by atoms with E-state index in [1.165, 1.54) is 24.8 Å². The van der Waals surface area contributed by atoms with Crippen molar-refractivity contribution in [2.75, 3.05) is 0 Å². The Morgan fingerprint density at radius 2 is 1.60 bits per heavy atom. The molecule has 15 heavy (non-hydrogen) atoms. The van der Waals surface area contributed by atoms with E-state index in [1.54, 1.807) is 0 Å². The first-order chi connectivity index (χ1) is 7.06. The summed E-state index contributed by atoms with van der Waals surface area (Å²) in [6, 6.07) is 0. The van der Waals surface area contributed by atoms with Crippen LogP contribution in [0.2, 0.25) is 0 Å². The second-order valence-corrected chi connectivity index (χ2v) is 4.61. The topological polar surface area (TPSA) is 17.1 Å². The van der Waals surface area contributed by atoms with Gasteiger partial charge in [-0.2, -0.15) is 0 Å². The molecule has 0 aromatic carbocycles. The van der Waals surface area contributed by atoms with Gasteiger partial charge in [0.25, 0.3) is 0 Å². The van der Waals surface area contributed by atoms with Crippen LogP contribution in [0.4, 0.5) is 0 Å². The molecular formula is C14H24O. The number of allylic oxidation sites excluding steroid dienone is 4. The third-order valence-electron chi connectivity index (χ3n) is 2.52. The second kappa shape index (κ2) is 8.46. The van der Waals surface area contributed by atoms with Gasteiger partial charge in [-0.25, -0.2) is 0 Å². The van der Waals surface area contributed by atoms with E-state index >= 15 is 0 Å². The van der Waals surface area contributed by atoms with Crippen molar-refractivity contribution < 1.29 is 4.79 Å². The molecule has 0 fully saturated rings. The van der Waals surface area contributed by atoms with Crippen LogP contribution in [0.3, 0.4) is 0 Å². The quantitative estimate of drug-likeness (QED) is 0.346. The zero-order valence-electron chi connectivity index (χ0n) is 10.5. The highest BCUT2D eigenvalue weighted by Gasteiger charge is 1.99. The second-order valence-electron chi connectivity index (χ2n) is 4.61. The number of hydrogen-bond donors (Lipinski definition) is 0. The highest BCUT2D eigenvalue weighted by atomic mass is 16.1. The van der Waals surface area contributed by atoms with Gasteiger partial charge in [-0.3, -0.25) is 4.79 Å². The van der Waals surface area contributed by atoms with Gasteiger partial charge in [0.2, 0.25) is 0 Å². The van der Waals surface area contributed by atoms with Crippen molar-refractivity contribution in [1.82, 2.24) is 0 Å². The molecule has 0 N–H and O–H groups in total. The maximum atomic E-state index is 10.4. The number of carbonyl (C=O) groups is 1. The van der Waals surface area contributed by atoms with Crippen molar-refractivity contribution in [2.24, 2.45) is 5.92 Å². The molecule has 0 saturated heterocycles. The Bertz CT molecular complexity index is 232. The van der Waals surface area contributed by atoms with E-state index in [-0.39, 0.29) is 0 Å². The molecule has 0 aliphatic rings. The number of hydrogen-bond acceptors (Lipinski definition) is 1. The van der Waals surface area contributed by atoms with Gasteiger partial charge < -0.3 is 0 Å². The zero-order valence-corrected chi connectivity index (χ0v) is 10.5. The average Bonchev–Trinajstić information content (AvgIpc) is 2.17. The minimum absolute atomic E-state index is 0.747. The molecule has 0 aliphatic heterocycles. The Morgan fingerprint density at radius 1 is 1.07 bits per heavy atom. The summed E-state index contributed by atoms with van der Waals surface area (Å²) >= 11 is 0. The molecule has 1 atom stereocenters. The summed E-state index contributed by atoms with van der Waals surface area (Å²) in [6.45, 7) is 8.42. The fourth-order valence-corrected chi connectivity index (χ4v) is 1.44. The lowest BCUT2D eigenvalue weighted by Crippen LogP contribution is -1.93. The predicted molar refractivity (Wildman–Crippen MR) is 66.9 cm³/mol. The van der Waals surface area contributed by atoms with Gasteiger partial charge in [0, 0.05) is 0 Å². The first-order valence-electron chi connectivity index (χ1n) is 5.81. The van der Waals surface area contributed by atoms with Gasteiger partial charge in [0.15, 0.2) is 0 Å². The van der Waals surface area contributed by atoms with Crippen LogP contribution in [0.1, 0.15) is 53.4 Å². The average molecular weight is 208 g/mol. The minimum Gasteiger partial charge on any atom is -0.298 e. The Labute approximate surface area is 94.3 Å². The molecule has 0 radical (unpaired) electrons. The number of aldehydes is 1. The third-order valence-corrected chi connectivity index (χ3v) is 2.52. The summed E-state index contributed by atoms with van der Waals surface area (Å²) in [5, 5.41) is 0. The largest absolute Gasteiger partial charge is 0.298 e. The molecule has 86 valence electrons. The van der Waals surface area contributed by atoms with E-state index in [1.807, 2.05) is 13.0 Å². The number of carbonyl (C=O) groups excluding carboxylic acids is 1. The van der Waals surface area contributed by atoms with E-state index in [2.05, 4.69) is 26.8 Å². The molecule has 0 unspecified atom stereocenters. The molecule has 0 aromatic rings. The summed E-state index contributed by atoms with van der Waals surface area (Å²) < 4.78 is 0. The van der Waals surface area contributed by atoms with E-state index in [4.69, 9.17) is 0 Å². The first kappa shape index (κ1) is 14.2. The van der Waals surface area contributed by atoms with Gasteiger partial charge in [0.1, 0.15) is 6.29 Å². The lowest BCUT2D eigenvalue weighted by atomic mass is 9.98. The van der Waals surface area contributed by atoms with Crippen LogP contribution < -0.4 is 0 Å². The van der Waals surface area contributed by atoms with Crippen molar-refractivity contribution in [3.8, 4) is 0 Å². The Hall–Kier alpha value is -0.850. The fraction of sp³-hybridized carbons (Fsp3) is 0.643. The summed E-state index contributed by atoms with van der Waals surface area (Å²) in [5.74, 6) is 0.747. The van der Waals surface area contributed by atoms with Crippen LogP contribution in [0.15, 0.2) is 23.3 Å². The lowest BCUT2D eigenvalue weighted by Gasteiger charge is -2.07. The van der Waals surface area contributed by atoms with Crippen LogP contribution in [0.25, 0.3) is 0 Å². The van der Waals surface area contributed by atoms with Crippen molar-refractivity contribution in [1.29, 1.82) is 0 Å². The first-order valence-corrected chi connectivity index (χ1v) is 5.81. The summed E-state index contributed by atoms with van der Waals surface area (Å²) in [7, 11) is 0. The van der Waals surface area contributed by atoms with Crippen molar-refractivity contribution in [3.05, 3.63) is 23.3 Å². The molecule has 0 aliphatic carbocycles. The summed E-state index contributed by atoms with van der Waals surface area (Å²) in [4.78, 5) is 10.4. The van der Waals surface area contributed by atoms with Crippen LogP contribution in [0, 0.1) is 5.92 Å². The highest BCUT2D eigenvalue weighted by molar-refractivity contribution is 5.71. The zero-order chi connectivity index (χ0) is 11.7. The van der Waals surface area contributed by atoms with Gasteiger partial charge in [-0.05, 0) is 57.9 Å². The SMILES string of the molecule is CC(C)=CCC[C@@H](C)CCC=C(C)C=O. The highest BCUT2D eigenvalue weighted by Crippen LogP contribution is 2.14. The van der Waals surface area contributed by atoms with E-state index in [0.717, 1.165) is 24.2 Å². The molecule has 0 saturated carbocycles. The molecule has 0 aromatic heterocycles. The van der Waals surface area contributed by atoms with Crippen molar-refractivity contribution >= 4 is 6.29 Å². The van der Waals surface area contributed by atoms with E-state index in [0.29, 0.717) is 0 Å². The van der Waals surface area contributed by atoms with Crippen molar-refractivity contribution in [3.63, 3.8) is 0 Å². The molecule has 0 spiro atoms. The third kappa shape index (κ3) is 9.45. The minimum atomic E-state index is 0.747. The standard InChI is InChI=1S/C14H24O/c1-12(2)7-5-8-13(3)9-6-10-14(4)11-15/h7,10-11,13H,5-6,8-9H2,1-4H3/t13-/m1/s1. The fourth-order valence-electron chi connectivity index (χ4n) is 1.44. The van der Waals surface area contributed by atoms with Crippen LogP contribution in [0.5, 0.6) is 0 Å². The maximum Gasteiger partial charge on any atom is 0.145 e. The smallest absolute Gasteiger partial charge is 0.145 e. The summed E-state index contributed by atoms with van der Waals surface area (Å²) in [5.41, 5.74) is 2.25. The molecule has 0 bridgehead atoms. The normalized spacial score (nSPS) is 13.5. The molecule has 0 rings (SSSR count). The Morgan fingerprint density at radius 3 is 2.07 bits per heavy atom. The van der Waals surface area contributed by atoms with Gasteiger partial charge in [-0.1, -0.05) is 24.6 Å². The molecule has 1 heteroatoms. The number of rotatable bonds is 7. The van der Waals surface area contributed by atoms with Crippen LogP contribution in [-0.2, 0) is 4.79 Å². The monoisotopic (exact) mass is 208 g/mol. The van der Waals surface area contributed by atoms with Gasteiger partial charge in [-0.15, -0.1) is 0 Å². The van der Waals surface area contributed by atoms with Gasteiger partial charge in [0.05, 0.1) is 0 Å².